The number of rotatable bonds is 2. The van der Waals surface area contributed by atoms with Crippen molar-refractivity contribution in [1.29, 1.82) is 0 Å². The molecular weight excluding hydrogens is 388 g/mol. The van der Waals surface area contributed by atoms with E-state index in [2.05, 4.69) is 0 Å². The Kier molecular flexibility index (Phi) is 4.41. The number of imide groups is 1. The summed E-state index contributed by atoms with van der Waals surface area (Å²) in [5, 5.41) is 2.45. The smallest absolute Gasteiger partial charge is 0.266 e. The van der Waals surface area contributed by atoms with Crippen LogP contribution in [0.2, 0.25) is 5.02 Å². The molecule has 1 saturated carbocycles. The molecule has 5 nitrogen and oxygen atoms in total. The number of amides is 2. The zero-order valence-corrected chi connectivity index (χ0v) is 17.1. The van der Waals surface area contributed by atoms with E-state index in [1.807, 2.05) is 36.3 Å². The van der Waals surface area contributed by atoms with E-state index >= 15 is 0 Å². The van der Waals surface area contributed by atoms with E-state index in [-0.39, 0.29) is 11.8 Å². The molecule has 0 unspecified atom stereocenters. The molecule has 1 aliphatic carbocycles. The van der Waals surface area contributed by atoms with Crippen molar-refractivity contribution in [3.63, 3.8) is 0 Å². The van der Waals surface area contributed by atoms with E-state index < -0.39 is 17.6 Å². The largest absolute Gasteiger partial charge is 0.273 e. The molecule has 6 heteroatoms. The van der Waals surface area contributed by atoms with Crippen LogP contribution in [0.3, 0.4) is 0 Å². The van der Waals surface area contributed by atoms with Crippen LogP contribution in [0, 0.1) is 12.8 Å². The van der Waals surface area contributed by atoms with Crippen molar-refractivity contribution in [3.05, 3.63) is 59.1 Å². The third-order valence-electron chi connectivity index (χ3n) is 6.53. The number of hydroxylamine groups is 1. The average molecular weight is 411 g/mol. The first-order chi connectivity index (χ1) is 14.0. The van der Waals surface area contributed by atoms with E-state index in [0.29, 0.717) is 10.7 Å². The Morgan fingerprint density at radius 2 is 1.52 bits per heavy atom. The number of benzene rings is 2. The van der Waals surface area contributed by atoms with Gasteiger partial charge in [0, 0.05) is 5.02 Å². The summed E-state index contributed by atoms with van der Waals surface area (Å²) >= 11 is 5.98. The van der Waals surface area contributed by atoms with Crippen LogP contribution in [0.25, 0.3) is 0 Å². The standard InChI is InChI=1S/C23H23ClN2O3/c1-15-5-9-18(10-6-15)26-23(13-3-2-4-14-23)19-20(29-26)22(28)25(21(19)27)17-11-7-16(24)8-12-17/h5-12,19-20H,2-4,13-14H2,1H3/t19-,20+/m1/s1. The summed E-state index contributed by atoms with van der Waals surface area (Å²) in [5.41, 5.74) is 2.14. The van der Waals surface area contributed by atoms with Crippen LogP contribution in [0.1, 0.15) is 37.7 Å². The number of fused-ring (bicyclic) bond motifs is 2. The minimum absolute atomic E-state index is 0.168. The molecule has 2 atom stereocenters. The van der Waals surface area contributed by atoms with Gasteiger partial charge in [0.15, 0.2) is 6.10 Å². The second kappa shape index (κ2) is 6.85. The van der Waals surface area contributed by atoms with Crippen molar-refractivity contribution in [2.45, 2.75) is 50.7 Å². The Bertz CT molecular complexity index is 951. The molecule has 29 heavy (non-hydrogen) atoms. The third-order valence-corrected chi connectivity index (χ3v) is 6.78. The maximum Gasteiger partial charge on any atom is 0.266 e. The molecule has 0 radical (unpaired) electrons. The zero-order chi connectivity index (χ0) is 20.2. The molecule has 0 bridgehead atoms. The van der Waals surface area contributed by atoms with E-state index in [4.69, 9.17) is 16.4 Å². The van der Waals surface area contributed by atoms with Crippen LogP contribution in [0.15, 0.2) is 48.5 Å². The maximum absolute atomic E-state index is 13.6. The first kappa shape index (κ1) is 18.6. The van der Waals surface area contributed by atoms with Gasteiger partial charge in [0.2, 0.25) is 5.91 Å². The van der Waals surface area contributed by atoms with Crippen LogP contribution in [0.4, 0.5) is 11.4 Å². The minimum atomic E-state index is -0.780. The molecule has 3 aliphatic rings. The van der Waals surface area contributed by atoms with E-state index in [9.17, 15) is 9.59 Å². The van der Waals surface area contributed by atoms with Crippen LogP contribution in [-0.2, 0) is 14.4 Å². The highest BCUT2D eigenvalue weighted by Crippen LogP contribution is 2.52. The second-order valence-corrected chi connectivity index (χ2v) is 8.72. The van der Waals surface area contributed by atoms with E-state index in [0.717, 1.165) is 43.4 Å². The summed E-state index contributed by atoms with van der Waals surface area (Å²) in [7, 11) is 0. The van der Waals surface area contributed by atoms with Gasteiger partial charge < -0.3 is 0 Å². The number of carbonyl (C=O) groups is 2. The fourth-order valence-corrected chi connectivity index (χ4v) is 5.26. The monoisotopic (exact) mass is 410 g/mol. The molecule has 2 saturated heterocycles. The SMILES string of the molecule is Cc1ccc(N2O[C@@H]3C(=O)N(c4ccc(Cl)cc4)C(=O)[C@@H]3C23CCCCC3)cc1. The van der Waals surface area contributed by atoms with Crippen molar-refractivity contribution in [3.8, 4) is 0 Å². The fourth-order valence-electron chi connectivity index (χ4n) is 5.13. The van der Waals surface area contributed by atoms with Gasteiger partial charge in [0.25, 0.3) is 5.91 Å². The molecule has 2 heterocycles. The van der Waals surface area contributed by atoms with E-state index in [1.54, 1.807) is 24.3 Å². The Balaban J connectivity index is 1.56. The van der Waals surface area contributed by atoms with E-state index in [1.165, 1.54) is 4.90 Å². The third kappa shape index (κ3) is 2.79. The quantitative estimate of drug-likeness (QED) is 0.675. The number of aryl methyl sites for hydroxylation is 1. The summed E-state index contributed by atoms with van der Waals surface area (Å²) in [5.74, 6) is -0.951. The van der Waals surface area contributed by atoms with Crippen LogP contribution < -0.4 is 9.96 Å². The molecule has 2 aromatic rings. The molecule has 0 N–H and O–H groups in total. The summed E-state index contributed by atoms with van der Waals surface area (Å²) in [4.78, 5) is 34.4. The number of hydrogen-bond acceptors (Lipinski definition) is 4. The van der Waals surface area contributed by atoms with Gasteiger partial charge >= 0.3 is 0 Å². The van der Waals surface area contributed by atoms with Gasteiger partial charge in [0.05, 0.1) is 16.9 Å². The molecule has 150 valence electrons. The zero-order valence-electron chi connectivity index (χ0n) is 16.3. The summed E-state index contributed by atoms with van der Waals surface area (Å²) in [6, 6.07) is 14.9. The van der Waals surface area contributed by atoms with Crippen LogP contribution in [-0.4, -0.2) is 23.5 Å². The Morgan fingerprint density at radius 3 is 2.17 bits per heavy atom. The van der Waals surface area contributed by atoms with Gasteiger partial charge in [-0.05, 0) is 56.2 Å². The molecule has 3 fully saturated rings. The van der Waals surface area contributed by atoms with Gasteiger partial charge in [-0.3, -0.25) is 14.4 Å². The van der Waals surface area contributed by atoms with Crippen LogP contribution in [0.5, 0.6) is 0 Å². The molecule has 2 aliphatic heterocycles. The van der Waals surface area contributed by atoms with Gasteiger partial charge in [-0.15, -0.1) is 0 Å². The lowest BCUT2D eigenvalue weighted by Crippen LogP contribution is -2.53. The first-order valence-electron chi connectivity index (χ1n) is 10.2. The van der Waals surface area contributed by atoms with Crippen molar-refractivity contribution < 1.29 is 14.4 Å². The lowest BCUT2D eigenvalue weighted by molar-refractivity contribution is -0.126. The highest BCUT2D eigenvalue weighted by Gasteiger charge is 2.66. The van der Waals surface area contributed by atoms with Crippen molar-refractivity contribution in [2.24, 2.45) is 5.92 Å². The molecule has 2 aromatic carbocycles. The van der Waals surface area contributed by atoms with Crippen molar-refractivity contribution in [2.75, 3.05) is 9.96 Å². The van der Waals surface area contributed by atoms with Gasteiger partial charge in [-0.2, -0.15) is 0 Å². The highest BCUT2D eigenvalue weighted by molar-refractivity contribution is 6.31. The number of nitrogens with zero attached hydrogens (tertiary/aromatic N) is 2. The van der Waals surface area contributed by atoms with Gasteiger partial charge in [-0.25, -0.2) is 9.96 Å². The Hall–Kier alpha value is -2.37. The summed E-state index contributed by atoms with van der Waals surface area (Å²) < 4.78 is 0. The fraction of sp³-hybridized carbons (Fsp3) is 0.391. The summed E-state index contributed by atoms with van der Waals surface area (Å²) in [6.45, 7) is 2.04. The second-order valence-electron chi connectivity index (χ2n) is 8.29. The van der Waals surface area contributed by atoms with Gasteiger partial charge in [-0.1, -0.05) is 48.6 Å². The first-order valence-corrected chi connectivity index (χ1v) is 10.6. The maximum atomic E-state index is 13.6. The lowest BCUT2D eigenvalue weighted by Gasteiger charge is -2.43. The topological polar surface area (TPSA) is 49.9 Å². The highest BCUT2D eigenvalue weighted by atomic mass is 35.5. The predicted octanol–water partition coefficient (Wildman–Crippen LogP) is 4.66. The predicted molar refractivity (Wildman–Crippen MR) is 112 cm³/mol. The molecular formula is C23H23ClN2O3. The minimum Gasteiger partial charge on any atom is -0.273 e. The number of carbonyl (C=O) groups excluding carboxylic acids is 2. The Labute approximate surface area is 175 Å². The van der Waals surface area contributed by atoms with Crippen molar-refractivity contribution >= 4 is 34.8 Å². The lowest BCUT2D eigenvalue weighted by atomic mass is 9.71. The van der Waals surface area contributed by atoms with Crippen molar-refractivity contribution in [1.82, 2.24) is 0 Å². The molecule has 5 rings (SSSR count). The average Bonchev–Trinajstić information content (AvgIpc) is 3.17. The normalized spacial score (nSPS) is 25.7. The molecule has 1 spiro atoms. The van der Waals surface area contributed by atoms with Crippen LogP contribution >= 0.6 is 11.6 Å². The molecule has 2 amide bonds. The summed E-state index contributed by atoms with van der Waals surface area (Å²) in [6.07, 6.45) is 4.10. The number of anilines is 2. The number of halogens is 1. The molecule has 0 aromatic heterocycles. The Morgan fingerprint density at radius 1 is 0.897 bits per heavy atom. The number of hydrogen-bond donors (Lipinski definition) is 0. The van der Waals surface area contributed by atoms with Gasteiger partial charge in [0.1, 0.15) is 5.92 Å².